The van der Waals surface area contributed by atoms with E-state index < -0.39 is 0 Å². The normalized spacial score (nSPS) is 26.4. The molecule has 1 saturated carbocycles. The van der Waals surface area contributed by atoms with Gasteiger partial charge in [-0.1, -0.05) is 24.3 Å². The van der Waals surface area contributed by atoms with Crippen LogP contribution in [0.15, 0.2) is 46.9 Å². The summed E-state index contributed by atoms with van der Waals surface area (Å²) in [5, 5.41) is 3.83. The van der Waals surface area contributed by atoms with Gasteiger partial charge in [0.05, 0.1) is 31.0 Å². The molecule has 0 amide bonds. The Balaban J connectivity index is 1.32. The standard InChI is InChI=1S/C25H29N3O3/c1-16-13-28(11-12-29-16)14-18-15-30-22-8-3-2-5-19(22)23(18)26-20-6-4-7-21-24(20)31-25(27-21)17-9-10-17/h2-8,16-18,23,26H,9-15H2,1H3/t16-,18+,23-/m1/s1. The molecule has 0 radical (unpaired) electrons. The first kappa shape index (κ1) is 19.1. The fourth-order valence-corrected chi connectivity index (χ4v) is 4.91. The third-order valence-electron chi connectivity index (χ3n) is 6.67. The number of ether oxygens (including phenoxy) is 2. The molecular formula is C25H29N3O3. The molecule has 3 heterocycles. The Morgan fingerprint density at radius 2 is 2.03 bits per heavy atom. The second kappa shape index (κ2) is 7.84. The van der Waals surface area contributed by atoms with Crippen molar-refractivity contribution in [3.63, 3.8) is 0 Å². The first-order valence-electron chi connectivity index (χ1n) is 11.5. The highest BCUT2D eigenvalue weighted by Gasteiger charge is 2.34. The summed E-state index contributed by atoms with van der Waals surface area (Å²) in [6, 6.07) is 14.7. The minimum absolute atomic E-state index is 0.142. The zero-order chi connectivity index (χ0) is 20.8. The van der Waals surface area contributed by atoms with Gasteiger partial charge in [-0.05, 0) is 38.0 Å². The Morgan fingerprint density at radius 3 is 2.90 bits per heavy atom. The average Bonchev–Trinajstić information content (AvgIpc) is 3.54. The van der Waals surface area contributed by atoms with Crippen LogP contribution in [0.5, 0.6) is 5.75 Å². The van der Waals surface area contributed by atoms with Gasteiger partial charge in [0, 0.05) is 37.0 Å². The molecule has 162 valence electrons. The van der Waals surface area contributed by atoms with Gasteiger partial charge in [-0.2, -0.15) is 0 Å². The van der Waals surface area contributed by atoms with Crippen molar-refractivity contribution in [2.75, 3.05) is 38.2 Å². The second-order valence-corrected chi connectivity index (χ2v) is 9.15. The number of para-hydroxylation sites is 2. The minimum atomic E-state index is 0.142. The number of rotatable bonds is 5. The predicted molar refractivity (Wildman–Crippen MR) is 120 cm³/mol. The summed E-state index contributed by atoms with van der Waals surface area (Å²) in [4.78, 5) is 7.25. The van der Waals surface area contributed by atoms with Crippen LogP contribution in [0.3, 0.4) is 0 Å². The van der Waals surface area contributed by atoms with Crippen LogP contribution in [0.4, 0.5) is 5.69 Å². The van der Waals surface area contributed by atoms with E-state index in [1.54, 1.807) is 0 Å². The Bertz CT molecular complexity index is 1080. The number of oxazole rings is 1. The van der Waals surface area contributed by atoms with Gasteiger partial charge < -0.3 is 19.2 Å². The van der Waals surface area contributed by atoms with E-state index >= 15 is 0 Å². The molecule has 6 rings (SSSR count). The minimum Gasteiger partial charge on any atom is -0.493 e. The average molecular weight is 420 g/mol. The maximum Gasteiger partial charge on any atom is 0.198 e. The fraction of sp³-hybridized carbons (Fsp3) is 0.480. The molecule has 0 unspecified atom stereocenters. The number of aromatic nitrogens is 1. The summed E-state index contributed by atoms with van der Waals surface area (Å²) in [7, 11) is 0. The Labute approximate surface area is 182 Å². The Morgan fingerprint density at radius 1 is 1.13 bits per heavy atom. The highest BCUT2D eigenvalue weighted by atomic mass is 16.5. The molecule has 1 N–H and O–H groups in total. The van der Waals surface area contributed by atoms with Gasteiger partial charge in [0.15, 0.2) is 11.5 Å². The molecule has 1 saturated heterocycles. The van der Waals surface area contributed by atoms with Crippen LogP contribution in [-0.2, 0) is 4.74 Å². The van der Waals surface area contributed by atoms with E-state index in [1.807, 2.05) is 12.1 Å². The van der Waals surface area contributed by atoms with Crippen molar-refractivity contribution >= 4 is 16.8 Å². The highest BCUT2D eigenvalue weighted by Crippen LogP contribution is 2.43. The van der Waals surface area contributed by atoms with Gasteiger partial charge in [-0.25, -0.2) is 4.98 Å². The molecule has 31 heavy (non-hydrogen) atoms. The van der Waals surface area contributed by atoms with Crippen molar-refractivity contribution < 1.29 is 13.9 Å². The first-order valence-corrected chi connectivity index (χ1v) is 11.5. The zero-order valence-electron chi connectivity index (χ0n) is 17.9. The Hall–Kier alpha value is -2.57. The summed E-state index contributed by atoms with van der Waals surface area (Å²) in [5.41, 5.74) is 4.02. The van der Waals surface area contributed by atoms with E-state index in [2.05, 4.69) is 47.5 Å². The summed E-state index contributed by atoms with van der Waals surface area (Å²) in [5.74, 6) is 2.67. The lowest BCUT2D eigenvalue weighted by molar-refractivity contribution is -0.0271. The number of benzene rings is 2. The van der Waals surface area contributed by atoms with Gasteiger partial charge in [-0.3, -0.25) is 4.90 Å². The number of fused-ring (bicyclic) bond motifs is 2. The van der Waals surface area contributed by atoms with Crippen molar-refractivity contribution in [1.82, 2.24) is 9.88 Å². The largest absolute Gasteiger partial charge is 0.493 e. The highest BCUT2D eigenvalue weighted by molar-refractivity contribution is 5.86. The fourth-order valence-electron chi connectivity index (χ4n) is 4.91. The smallest absolute Gasteiger partial charge is 0.198 e. The lowest BCUT2D eigenvalue weighted by Gasteiger charge is -2.39. The van der Waals surface area contributed by atoms with E-state index in [0.717, 1.165) is 54.7 Å². The van der Waals surface area contributed by atoms with Gasteiger partial charge in [-0.15, -0.1) is 0 Å². The van der Waals surface area contributed by atoms with E-state index in [0.29, 0.717) is 18.4 Å². The van der Waals surface area contributed by atoms with Gasteiger partial charge in [0.2, 0.25) is 0 Å². The molecule has 1 aromatic heterocycles. The summed E-state index contributed by atoms with van der Waals surface area (Å²) in [6.45, 7) is 6.55. The van der Waals surface area contributed by atoms with Gasteiger partial charge >= 0.3 is 0 Å². The van der Waals surface area contributed by atoms with Crippen LogP contribution < -0.4 is 10.1 Å². The molecule has 1 aliphatic carbocycles. The molecule has 3 aromatic rings. The van der Waals surface area contributed by atoms with Crippen LogP contribution in [0.25, 0.3) is 11.1 Å². The van der Waals surface area contributed by atoms with Crippen LogP contribution >= 0.6 is 0 Å². The molecule has 2 aliphatic heterocycles. The van der Waals surface area contributed by atoms with Gasteiger partial charge in [0.1, 0.15) is 11.3 Å². The maximum absolute atomic E-state index is 6.22. The molecule has 2 aromatic carbocycles. The molecule has 2 fully saturated rings. The van der Waals surface area contributed by atoms with Crippen molar-refractivity contribution in [3.05, 3.63) is 53.9 Å². The monoisotopic (exact) mass is 419 g/mol. The second-order valence-electron chi connectivity index (χ2n) is 9.15. The summed E-state index contributed by atoms with van der Waals surface area (Å²) < 4.78 is 18.1. The molecule has 0 bridgehead atoms. The third kappa shape index (κ3) is 3.79. The maximum atomic E-state index is 6.22. The number of morpholine rings is 1. The first-order chi connectivity index (χ1) is 15.2. The molecule has 3 atom stereocenters. The lowest BCUT2D eigenvalue weighted by Crippen LogP contribution is -2.46. The lowest BCUT2D eigenvalue weighted by atomic mass is 9.89. The number of hydrogen-bond acceptors (Lipinski definition) is 6. The number of hydrogen-bond donors (Lipinski definition) is 1. The number of nitrogens with zero attached hydrogens (tertiary/aromatic N) is 2. The van der Waals surface area contributed by atoms with Gasteiger partial charge in [0.25, 0.3) is 0 Å². The summed E-state index contributed by atoms with van der Waals surface area (Å²) in [6.07, 6.45) is 2.65. The summed E-state index contributed by atoms with van der Waals surface area (Å²) >= 11 is 0. The van der Waals surface area contributed by atoms with E-state index in [-0.39, 0.29) is 12.1 Å². The molecule has 3 aliphatic rings. The Kier molecular flexibility index (Phi) is 4.84. The SMILES string of the molecule is C[C@@H]1CN(C[C@H]2COc3ccccc3[C@@H]2Nc2cccc3nc(C4CC4)oc23)CCO1. The predicted octanol–water partition coefficient (Wildman–Crippen LogP) is 4.59. The number of anilines is 1. The van der Waals surface area contributed by atoms with Crippen LogP contribution in [0, 0.1) is 5.92 Å². The molecule has 6 heteroatoms. The van der Waals surface area contributed by atoms with Crippen LogP contribution in [-0.4, -0.2) is 48.8 Å². The quantitative estimate of drug-likeness (QED) is 0.653. The third-order valence-corrected chi connectivity index (χ3v) is 6.67. The molecular weight excluding hydrogens is 390 g/mol. The van der Waals surface area contributed by atoms with Crippen molar-refractivity contribution in [1.29, 1.82) is 0 Å². The van der Waals surface area contributed by atoms with E-state index in [4.69, 9.17) is 18.9 Å². The van der Waals surface area contributed by atoms with Crippen molar-refractivity contribution in [2.24, 2.45) is 5.92 Å². The van der Waals surface area contributed by atoms with E-state index in [1.165, 1.54) is 18.4 Å². The number of nitrogens with one attached hydrogen (secondary N) is 1. The molecule has 6 nitrogen and oxygen atoms in total. The molecule has 0 spiro atoms. The van der Waals surface area contributed by atoms with E-state index in [9.17, 15) is 0 Å². The van der Waals surface area contributed by atoms with Crippen LogP contribution in [0.1, 0.15) is 43.2 Å². The zero-order valence-corrected chi connectivity index (χ0v) is 17.9. The topological polar surface area (TPSA) is 59.8 Å². The van der Waals surface area contributed by atoms with Crippen molar-refractivity contribution in [3.8, 4) is 5.75 Å². The van der Waals surface area contributed by atoms with Crippen LogP contribution in [0.2, 0.25) is 0 Å². The van der Waals surface area contributed by atoms with Crippen molar-refractivity contribution in [2.45, 2.75) is 37.8 Å².